The third-order valence-corrected chi connectivity index (χ3v) is 1.34. The zero-order valence-corrected chi connectivity index (χ0v) is 8.73. The van der Waals surface area contributed by atoms with E-state index in [2.05, 4.69) is 19.5 Å². The molecule has 0 rings (SSSR count). The first-order chi connectivity index (χ1) is 7.01. The number of amides is 1. The zero-order valence-electron chi connectivity index (χ0n) is 8.73. The second kappa shape index (κ2) is 6.77. The summed E-state index contributed by atoms with van der Waals surface area (Å²) in [5, 5.41) is 2.16. The summed E-state index contributed by atoms with van der Waals surface area (Å²) in [6, 6.07) is -1.06. The molecule has 1 amide bonds. The van der Waals surface area contributed by atoms with Gasteiger partial charge in [-0.25, -0.2) is 9.59 Å². The number of nitrogens with one attached hydrogen (secondary N) is 1. The SMILES string of the molecule is COC[C@H](NC(=O)OC)C(=O)OC(C)=O. The van der Waals surface area contributed by atoms with E-state index in [1.807, 2.05) is 0 Å². The summed E-state index contributed by atoms with van der Waals surface area (Å²) < 4.78 is 13.2. The van der Waals surface area contributed by atoms with E-state index >= 15 is 0 Å². The minimum absolute atomic E-state index is 0.110. The standard InChI is InChI=1S/C8H13NO6/c1-5(10)15-7(11)6(4-13-2)9-8(12)14-3/h6H,4H2,1-3H3,(H,9,12)/t6-/m0/s1. The molecule has 7 nitrogen and oxygen atoms in total. The van der Waals surface area contributed by atoms with Crippen molar-refractivity contribution in [3.63, 3.8) is 0 Å². The number of carbonyl (C=O) groups is 3. The van der Waals surface area contributed by atoms with Crippen LogP contribution in [0.5, 0.6) is 0 Å². The maximum atomic E-state index is 11.2. The van der Waals surface area contributed by atoms with Crippen molar-refractivity contribution in [3.8, 4) is 0 Å². The van der Waals surface area contributed by atoms with Gasteiger partial charge in [0.05, 0.1) is 13.7 Å². The Morgan fingerprint density at radius 2 is 1.87 bits per heavy atom. The topological polar surface area (TPSA) is 90.9 Å². The van der Waals surface area contributed by atoms with Gasteiger partial charge in [0.25, 0.3) is 0 Å². The zero-order chi connectivity index (χ0) is 11.8. The van der Waals surface area contributed by atoms with Crippen LogP contribution in [-0.2, 0) is 23.8 Å². The quantitative estimate of drug-likeness (QED) is 0.503. The van der Waals surface area contributed by atoms with Crippen molar-refractivity contribution in [2.45, 2.75) is 13.0 Å². The summed E-state index contributed by atoms with van der Waals surface area (Å²) >= 11 is 0. The molecule has 0 aromatic carbocycles. The molecule has 0 aliphatic rings. The van der Waals surface area contributed by atoms with E-state index in [1.54, 1.807) is 0 Å². The van der Waals surface area contributed by atoms with Gasteiger partial charge in [0.15, 0.2) is 6.04 Å². The molecule has 86 valence electrons. The van der Waals surface area contributed by atoms with E-state index in [9.17, 15) is 14.4 Å². The molecule has 0 heterocycles. The van der Waals surface area contributed by atoms with Crippen LogP contribution >= 0.6 is 0 Å². The van der Waals surface area contributed by atoms with Gasteiger partial charge < -0.3 is 19.5 Å². The van der Waals surface area contributed by atoms with Crippen LogP contribution in [0.3, 0.4) is 0 Å². The molecule has 0 aliphatic heterocycles. The van der Waals surface area contributed by atoms with Gasteiger partial charge in [0.2, 0.25) is 0 Å². The Bertz CT molecular complexity index is 252. The molecule has 0 aliphatic carbocycles. The molecule has 7 heteroatoms. The van der Waals surface area contributed by atoms with E-state index in [4.69, 9.17) is 0 Å². The number of carbonyl (C=O) groups excluding carboxylic acids is 3. The molecular weight excluding hydrogens is 206 g/mol. The van der Waals surface area contributed by atoms with Crippen molar-refractivity contribution >= 4 is 18.0 Å². The molecule has 0 aromatic heterocycles. The molecule has 0 aromatic rings. The smallest absolute Gasteiger partial charge is 0.407 e. The molecule has 0 bridgehead atoms. The lowest BCUT2D eigenvalue weighted by Crippen LogP contribution is -2.45. The highest BCUT2D eigenvalue weighted by Crippen LogP contribution is 1.92. The Kier molecular flexibility index (Phi) is 6.03. The number of esters is 2. The number of ether oxygens (including phenoxy) is 3. The van der Waals surface area contributed by atoms with Crippen molar-refractivity contribution < 1.29 is 28.6 Å². The van der Waals surface area contributed by atoms with Crippen molar-refractivity contribution in [2.75, 3.05) is 20.8 Å². The molecule has 0 saturated carbocycles. The van der Waals surface area contributed by atoms with Crippen LogP contribution in [0.2, 0.25) is 0 Å². The van der Waals surface area contributed by atoms with E-state index in [0.29, 0.717) is 0 Å². The lowest BCUT2D eigenvalue weighted by molar-refractivity contribution is -0.160. The number of alkyl carbamates (subject to hydrolysis) is 1. The van der Waals surface area contributed by atoms with Crippen LogP contribution in [0.15, 0.2) is 0 Å². The first-order valence-corrected chi connectivity index (χ1v) is 4.07. The molecule has 0 radical (unpaired) electrons. The Labute approximate surface area is 86.7 Å². The normalized spacial score (nSPS) is 11.4. The highest BCUT2D eigenvalue weighted by atomic mass is 16.6. The Morgan fingerprint density at radius 1 is 1.27 bits per heavy atom. The third kappa shape index (κ3) is 5.63. The van der Waals surface area contributed by atoms with E-state index in [0.717, 1.165) is 14.0 Å². The van der Waals surface area contributed by atoms with Crippen LogP contribution in [0.25, 0.3) is 0 Å². The molecule has 0 saturated heterocycles. The molecule has 0 fully saturated rings. The van der Waals surface area contributed by atoms with Gasteiger partial charge in [-0.05, 0) is 0 Å². The number of methoxy groups -OCH3 is 2. The molecule has 1 atom stereocenters. The Morgan fingerprint density at radius 3 is 2.27 bits per heavy atom. The maximum absolute atomic E-state index is 11.2. The molecule has 0 spiro atoms. The number of hydrogen-bond donors (Lipinski definition) is 1. The predicted molar refractivity (Wildman–Crippen MR) is 48.0 cm³/mol. The van der Waals surface area contributed by atoms with Gasteiger partial charge in [0, 0.05) is 14.0 Å². The monoisotopic (exact) mass is 219 g/mol. The predicted octanol–water partition coefficient (Wildman–Crippen LogP) is -0.553. The van der Waals surface area contributed by atoms with E-state index in [-0.39, 0.29) is 6.61 Å². The van der Waals surface area contributed by atoms with Gasteiger partial charge >= 0.3 is 18.0 Å². The van der Waals surface area contributed by atoms with Crippen molar-refractivity contribution in [1.29, 1.82) is 0 Å². The van der Waals surface area contributed by atoms with Crippen LogP contribution in [0.1, 0.15) is 6.92 Å². The number of rotatable bonds is 4. The van der Waals surface area contributed by atoms with Crippen molar-refractivity contribution in [2.24, 2.45) is 0 Å². The largest absolute Gasteiger partial charge is 0.453 e. The van der Waals surface area contributed by atoms with Crippen LogP contribution in [-0.4, -0.2) is 44.9 Å². The van der Waals surface area contributed by atoms with E-state index in [1.165, 1.54) is 7.11 Å². The highest BCUT2D eigenvalue weighted by molar-refractivity contribution is 5.89. The van der Waals surface area contributed by atoms with Crippen LogP contribution in [0, 0.1) is 0 Å². The average molecular weight is 219 g/mol. The third-order valence-electron chi connectivity index (χ3n) is 1.34. The highest BCUT2D eigenvalue weighted by Gasteiger charge is 2.23. The second-order valence-electron chi connectivity index (χ2n) is 2.56. The minimum Gasteiger partial charge on any atom is -0.453 e. The summed E-state index contributed by atoms with van der Waals surface area (Å²) in [4.78, 5) is 32.5. The Hall–Kier alpha value is -1.63. The van der Waals surface area contributed by atoms with Gasteiger partial charge in [-0.15, -0.1) is 0 Å². The second-order valence-corrected chi connectivity index (χ2v) is 2.56. The molecule has 15 heavy (non-hydrogen) atoms. The maximum Gasteiger partial charge on any atom is 0.407 e. The average Bonchev–Trinajstić information content (AvgIpc) is 2.15. The fourth-order valence-corrected chi connectivity index (χ4v) is 0.749. The summed E-state index contributed by atoms with van der Waals surface area (Å²) in [6.07, 6.45) is -0.808. The lowest BCUT2D eigenvalue weighted by atomic mass is 10.3. The van der Waals surface area contributed by atoms with Crippen LogP contribution in [0.4, 0.5) is 4.79 Å². The van der Waals surface area contributed by atoms with Gasteiger partial charge in [-0.3, -0.25) is 4.79 Å². The fourth-order valence-electron chi connectivity index (χ4n) is 0.749. The summed E-state index contributed by atoms with van der Waals surface area (Å²) in [5.41, 5.74) is 0. The summed E-state index contributed by atoms with van der Waals surface area (Å²) in [6.45, 7) is 0.973. The first kappa shape index (κ1) is 13.4. The Balaban J connectivity index is 4.30. The van der Waals surface area contributed by atoms with Crippen molar-refractivity contribution in [3.05, 3.63) is 0 Å². The van der Waals surface area contributed by atoms with Crippen molar-refractivity contribution in [1.82, 2.24) is 5.32 Å². The summed E-state index contributed by atoms with van der Waals surface area (Å²) in [5.74, 6) is -1.65. The molecule has 1 N–H and O–H groups in total. The fraction of sp³-hybridized carbons (Fsp3) is 0.625. The van der Waals surface area contributed by atoms with Gasteiger partial charge in [0.1, 0.15) is 0 Å². The van der Waals surface area contributed by atoms with E-state index < -0.39 is 24.1 Å². The molecular formula is C8H13NO6. The number of hydrogen-bond acceptors (Lipinski definition) is 6. The first-order valence-electron chi connectivity index (χ1n) is 4.07. The summed E-state index contributed by atoms with van der Waals surface area (Å²) in [7, 11) is 2.49. The lowest BCUT2D eigenvalue weighted by Gasteiger charge is -2.14. The van der Waals surface area contributed by atoms with Crippen LogP contribution < -0.4 is 5.32 Å². The van der Waals surface area contributed by atoms with Gasteiger partial charge in [-0.1, -0.05) is 0 Å². The molecule has 0 unspecified atom stereocenters. The minimum atomic E-state index is -1.06. The van der Waals surface area contributed by atoms with Gasteiger partial charge in [-0.2, -0.15) is 0 Å².